The topological polar surface area (TPSA) is 22.1 Å². The van der Waals surface area contributed by atoms with Crippen LogP contribution < -0.4 is 4.74 Å². The standard InChI is InChI=1S/C12H13NOS2/c1-9-5-3-4-6-10(9)8-14-12-13-7-11(15-2)16-12/h3-7H,8H2,1-2H3. The fourth-order valence-electron chi connectivity index (χ4n) is 1.32. The normalized spacial score (nSPS) is 10.4. The summed E-state index contributed by atoms with van der Waals surface area (Å²) in [4.78, 5) is 4.21. The first-order valence-corrected chi connectivity index (χ1v) is 7.01. The van der Waals surface area contributed by atoms with Gasteiger partial charge in [-0.15, -0.1) is 11.8 Å². The van der Waals surface area contributed by atoms with Gasteiger partial charge in [0.2, 0.25) is 0 Å². The van der Waals surface area contributed by atoms with Crippen molar-refractivity contribution in [2.75, 3.05) is 6.26 Å². The Morgan fingerprint density at radius 1 is 1.38 bits per heavy atom. The van der Waals surface area contributed by atoms with Gasteiger partial charge in [0, 0.05) is 0 Å². The van der Waals surface area contributed by atoms with Gasteiger partial charge in [0.25, 0.3) is 5.19 Å². The van der Waals surface area contributed by atoms with E-state index in [1.54, 1.807) is 23.1 Å². The molecule has 0 aliphatic carbocycles. The van der Waals surface area contributed by atoms with Crippen LogP contribution in [0.15, 0.2) is 34.7 Å². The van der Waals surface area contributed by atoms with Crippen LogP contribution in [0.25, 0.3) is 0 Å². The molecule has 0 fully saturated rings. The minimum absolute atomic E-state index is 0.591. The molecule has 0 aliphatic heterocycles. The maximum atomic E-state index is 5.65. The number of nitrogens with zero attached hydrogens (tertiary/aromatic N) is 1. The third kappa shape index (κ3) is 2.77. The smallest absolute Gasteiger partial charge is 0.274 e. The van der Waals surface area contributed by atoms with Gasteiger partial charge >= 0.3 is 0 Å². The highest BCUT2D eigenvalue weighted by Gasteiger charge is 2.03. The zero-order valence-corrected chi connectivity index (χ0v) is 10.9. The fourth-order valence-corrected chi connectivity index (χ4v) is 2.52. The first kappa shape index (κ1) is 11.5. The second kappa shape index (κ2) is 5.37. The van der Waals surface area contributed by atoms with Crippen LogP contribution in [0, 0.1) is 6.92 Å². The number of thiazole rings is 1. The second-order valence-corrected chi connectivity index (χ2v) is 5.46. The summed E-state index contributed by atoms with van der Waals surface area (Å²) in [5.74, 6) is 0. The summed E-state index contributed by atoms with van der Waals surface area (Å²) >= 11 is 3.28. The van der Waals surface area contributed by atoms with Crippen molar-refractivity contribution in [2.45, 2.75) is 17.7 Å². The van der Waals surface area contributed by atoms with E-state index in [9.17, 15) is 0 Å². The fraction of sp³-hybridized carbons (Fsp3) is 0.250. The molecule has 1 aromatic heterocycles. The molecule has 0 bridgehead atoms. The molecule has 2 aromatic rings. The quantitative estimate of drug-likeness (QED) is 0.773. The van der Waals surface area contributed by atoms with Gasteiger partial charge in [-0.25, -0.2) is 4.98 Å². The summed E-state index contributed by atoms with van der Waals surface area (Å²) in [6.07, 6.45) is 3.89. The zero-order valence-electron chi connectivity index (χ0n) is 9.27. The predicted molar refractivity (Wildman–Crippen MR) is 69.4 cm³/mol. The SMILES string of the molecule is CSc1cnc(OCc2ccccc2C)s1. The molecule has 1 heterocycles. The number of hydrogen-bond acceptors (Lipinski definition) is 4. The van der Waals surface area contributed by atoms with Gasteiger partial charge in [0.15, 0.2) is 0 Å². The molecule has 0 atom stereocenters. The van der Waals surface area contributed by atoms with Crippen LogP contribution in [0.2, 0.25) is 0 Å². The first-order chi connectivity index (χ1) is 7.79. The van der Waals surface area contributed by atoms with Crippen LogP contribution >= 0.6 is 23.1 Å². The van der Waals surface area contributed by atoms with E-state index in [0.717, 1.165) is 5.19 Å². The third-order valence-electron chi connectivity index (χ3n) is 2.28. The van der Waals surface area contributed by atoms with Crippen molar-refractivity contribution >= 4 is 23.1 Å². The van der Waals surface area contributed by atoms with Crippen LogP contribution in [0.4, 0.5) is 0 Å². The van der Waals surface area contributed by atoms with Crippen LogP contribution in [-0.2, 0) is 6.61 Å². The average molecular weight is 251 g/mol. The zero-order chi connectivity index (χ0) is 11.4. The number of hydrogen-bond donors (Lipinski definition) is 0. The second-order valence-electron chi connectivity index (χ2n) is 3.36. The van der Waals surface area contributed by atoms with E-state index in [1.807, 2.05) is 24.6 Å². The van der Waals surface area contributed by atoms with E-state index in [-0.39, 0.29) is 0 Å². The van der Waals surface area contributed by atoms with Crippen molar-refractivity contribution in [3.63, 3.8) is 0 Å². The van der Waals surface area contributed by atoms with Crippen molar-refractivity contribution in [3.05, 3.63) is 41.6 Å². The molecule has 1 aromatic carbocycles. The molecular weight excluding hydrogens is 238 g/mol. The Morgan fingerprint density at radius 3 is 2.88 bits per heavy atom. The Balaban J connectivity index is 1.99. The van der Waals surface area contributed by atoms with Gasteiger partial charge in [-0.2, -0.15) is 0 Å². The Morgan fingerprint density at radius 2 is 2.19 bits per heavy atom. The van der Waals surface area contributed by atoms with Crippen molar-refractivity contribution in [3.8, 4) is 5.19 Å². The highest BCUT2D eigenvalue weighted by molar-refractivity contribution is 8.00. The van der Waals surface area contributed by atoms with Crippen LogP contribution in [0.1, 0.15) is 11.1 Å². The molecule has 0 spiro atoms. The maximum Gasteiger partial charge on any atom is 0.274 e. The molecule has 2 nitrogen and oxygen atoms in total. The van der Waals surface area contributed by atoms with E-state index < -0.39 is 0 Å². The van der Waals surface area contributed by atoms with Gasteiger partial charge < -0.3 is 4.74 Å². The molecule has 0 saturated heterocycles. The molecule has 0 radical (unpaired) electrons. The van der Waals surface area contributed by atoms with Crippen molar-refractivity contribution in [2.24, 2.45) is 0 Å². The van der Waals surface area contributed by atoms with Gasteiger partial charge in [-0.05, 0) is 24.3 Å². The summed E-state index contributed by atoms with van der Waals surface area (Å²) in [6.45, 7) is 2.68. The summed E-state index contributed by atoms with van der Waals surface area (Å²) in [6, 6.07) is 8.24. The van der Waals surface area contributed by atoms with Crippen molar-refractivity contribution in [1.29, 1.82) is 0 Å². The number of benzene rings is 1. The van der Waals surface area contributed by atoms with Gasteiger partial charge in [0.05, 0.1) is 10.4 Å². The third-order valence-corrected chi connectivity index (χ3v) is 4.24. The number of thioether (sulfide) groups is 1. The lowest BCUT2D eigenvalue weighted by molar-refractivity contribution is 0.304. The van der Waals surface area contributed by atoms with E-state index in [2.05, 4.69) is 24.0 Å². The number of rotatable bonds is 4. The molecule has 0 unspecified atom stereocenters. The van der Waals surface area contributed by atoms with Gasteiger partial charge in [-0.3, -0.25) is 0 Å². The summed E-state index contributed by atoms with van der Waals surface area (Å²) in [5, 5.41) is 0.743. The van der Waals surface area contributed by atoms with Crippen LogP contribution in [0.5, 0.6) is 5.19 Å². The molecule has 16 heavy (non-hydrogen) atoms. The Bertz CT molecular complexity index is 468. The lowest BCUT2D eigenvalue weighted by Crippen LogP contribution is -1.96. The van der Waals surface area contributed by atoms with E-state index in [0.29, 0.717) is 6.61 Å². The van der Waals surface area contributed by atoms with Crippen molar-refractivity contribution < 1.29 is 4.74 Å². The molecule has 0 aliphatic rings. The number of ether oxygens (including phenoxy) is 1. The monoisotopic (exact) mass is 251 g/mol. The highest BCUT2D eigenvalue weighted by Crippen LogP contribution is 2.28. The molecule has 2 rings (SSSR count). The Kier molecular flexibility index (Phi) is 3.85. The van der Waals surface area contributed by atoms with Gasteiger partial charge in [0.1, 0.15) is 6.61 Å². The molecule has 4 heteroatoms. The van der Waals surface area contributed by atoms with E-state index in [4.69, 9.17) is 4.74 Å². The molecule has 84 valence electrons. The molecule has 0 amide bonds. The molecule has 0 N–H and O–H groups in total. The average Bonchev–Trinajstić information content (AvgIpc) is 2.76. The summed E-state index contributed by atoms with van der Waals surface area (Å²) in [7, 11) is 0. The largest absolute Gasteiger partial charge is 0.465 e. The van der Waals surface area contributed by atoms with E-state index in [1.165, 1.54) is 15.3 Å². The summed E-state index contributed by atoms with van der Waals surface area (Å²) in [5.41, 5.74) is 2.47. The lowest BCUT2D eigenvalue weighted by atomic mass is 10.1. The lowest BCUT2D eigenvalue weighted by Gasteiger charge is -2.05. The maximum absolute atomic E-state index is 5.65. The Labute approximate surface area is 104 Å². The number of aryl methyl sites for hydroxylation is 1. The van der Waals surface area contributed by atoms with Gasteiger partial charge in [-0.1, -0.05) is 35.6 Å². The molecular formula is C12H13NOS2. The van der Waals surface area contributed by atoms with Crippen LogP contribution in [0.3, 0.4) is 0 Å². The summed E-state index contributed by atoms with van der Waals surface area (Å²) < 4.78 is 6.83. The van der Waals surface area contributed by atoms with Crippen molar-refractivity contribution in [1.82, 2.24) is 4.98 Å². The Hall–Kier alpha value is -1.00. The minimum atomic E-state index is 0.591. The van der Waals surface area contributed by atoms with Crippen LogP contribution in [-0.4, -0.2) is 11.2 Å². The predicted octanol–water partition coefficient (Wildman–Crippen LogP) is 3.75. The van der Waals surface area contributed by atoms with E-state index >= 15 is 0 Å². The minimum Gasteiger partial charge on any atom is -0.465 e. The highest BCUT2D eigenvalue weighted by atomic mass is 32.2. The molecule has 0 saturated carbocycles. The number of aromatic nitrogens is 1. The first-order valence-electron chi connectivity index (χ1n) is 4.96.